The highest BCUT2D eigenvalue weighted by atomic mass is 16.3. The van der Waals surface area contributed by atoms with Crippen molar-refractivity contribution in [2.24, 2.45) is 11.7 Å². The summed E-state index contributed by atoms with van der Waals surface area (Å²) < 4.78 is 0. The van der Waals surface area contributed by atoms with E-state index in [1.807, 2.05) is 12.1 Å². The third-order valence-corrected chi connectivity index (χ3v) is 7.81. The van der Waals surface area contributed by atoms with Crippen molar-refractivity contribution in [1.29, 1.82) is 0 Å². The molecule has 7 nitrogen and oxygen atoms in total. The Morgan fingerprint density at radius 1 is 1.15 bits per heavy atom. The second-order valence-corrected chi connectivity index (χ2v) is 9.93. The second kappa shape index (κ2) is 11.4. The van der Waals surface area contributed by atoms with Gasteiger partial charge in [-0.2, -0.15) is 0 Å². The minimum atomic E-state index is -1.38. The number of rotatable bonds is 11. The molecule has 7 heteroatoms. The van der Waals surface area contributed by atoms with Gasteiger partial charge < -0.3 is 20.8 Å². The van der Waals surface area contributed by atoms with Crippen LogP contribution in [0.5, 0.6) is 0 Å². The highest BCUT2D eigenvalue weighted by Gasteiger charge is 2.41. The molecule has 0 aromatic heterocycles. The number of aliphatic hydroxyl groups is 2. The fourth-order valence-corrected chi connectivity index (χ4v) is 5.64. The number of amides is 2. The second-order valence-electron chi connectivity index (χ2n) is 9.93. The van der Waals surface area contributed by atoms with Crippen molar-refractivity contribution in [3.63, 3.8) is 0 Å². The summed E-state index contributed by atoms with van der Waals surface area (Å²) in [7, 11) is 0. The van der Waals surface area contributed by atoms with Gasteiger partial charge in [0.2, 0.25) is 5.91 Å². The van der Waals surface area contributed by atoms with Gasteiger partial charge in [0.25, 0.3) is 5.91 Å². The number of carbonyl (C=O) groups excluding carboxylic acids is 2. The largest absolute Gasteiger partial charge is 0.390 e. The van der Waals surface area contributed by atoms with Gasteiger partial charge in [-0.15, -0.1) is 0 Å². The molecule has 0 spiro atoms. The molecule has 2 amide bonds. The van der Waals surface area contributed by atoms with E-state index < -0.39 is 12.2 Å². The summed E-state index contributed by atoms with van der Waals surface area (Å²) in [6.07, 6.45) is 3.87. The zero-order chi connectivity index (χ0) is 24.1. The molecule has 2 bridgehead atoms. The number of carbonyl (C=O) groups is 2. The van der Waals surface area contributed by atoms with Crippen LogP contribution in [-0.4, -0.2) is 75.8 Å². The standard InChI is InChI=1S/C26H41N3O4/c1-4-18(5-2)16-28(26(33)24(31)17(3)30)11-12-29-22-9-10-23(29)15-21(14-22)19-7-6-8-20(13-19)25(27)32/h6-8,13,17-18,21-24,30-31H,4-5,9-12,14-16H2,1-3H3,(H2,27,32)/t17?,21?,22-,23+,24?. The maximum Gasteiger partial charge on any atom is 0.254 e. The van der Waals surface area contributed by atoms with Gasteiger partial charge in [0.1, 0.15) is 0 Å². The molecule has 33 heavy (non-hydrogen) atoms. The van der Waals surface area contributed by atoms with Crippen molar-refractivity contribution in [1.82, 2.24) is 9.80 Å². The molecule has 184 valence electrons. The molecule has 2 saturated heterocycles. The molecule has 1 aromatic rings. The van der Waals surface area contributed by atoms with Gasteiger partial charge in [-0.05, 0) is 62.1 Å². The molecule has 2 fully saturated rings. The summed E-state index contributed by atoms with van der Waals surface area (Å²) in [5, 5.41) is 20.0. The Balaban J connectivity index is 1.66. The van der Waals surface area contributed by atoms with Crippen LogP contribution in [0.25, 0.3) is 0 Å². The van der Waals surface area contributed by atoms with E-state index in [-0.39, 0.29) is 11.8 Å². The zero-order valence-corrected chi connectivity index (χ0v) is 20.3. The number of fused-ring (bicyclic) bond motifs is 2. The van der Waals surface area contributed by atoms with Crippen molar-refractivity contribution in [3.05, 3.63) is 35.4 Å². The molecule has 4 N–H and O–H groups in total. The molecule has 2 aliphatic rings. The first kappa shape index (κ1) is 25.7. The predicted molar refractivity (Wildman–Crippen MR) is 129 cm³/mol. The smallest absolute Gasteiger partial charge is 0.254 e. The van der Waals surface area contributed by atoms with Crippen LogP contribution in [0.3, 0.4) is 0 Å². The van der Waals surface area contributed by atoms with Crippen LogP contribution >= 0.6 is 0 Å². The number of hydrogen-bond acceptors (Lipinski definition) is 5. The molecule has 3 unspecified atom stereocenters. The van der Waals surface area contributed by atoms with Crippen LogP contribution in [0.4, 0.5) is 0 Å². The fraction of sp³-hybridized carbons (Fsp3) is 0.692. The Hall–Kier alpha value is -1.96. The van der Waals surface area contributed by atoms with E-state index in [0.717, 1.165) is 45.1 Å². The Morgan fingerprint density at radius 3 is 2.33 bits per heavy atom. The molecule has 3 rings (SSSR count). The van der Waals surface area contributed by atoms with Crippen molar-refractivity contribution in [2.75, 3.05) is 19.6 Å². The monoisotopic (exact) mass is 459 g/mol. The van der Waals surface area contributed by atoms with Crippen LogP contribution in [0.2, 0.25) is 0 Å². The van der Waals surface area contributed by atoms with Gasteiger partial charge in [0.05, 0.1) is 6.10 Å². The van der Waals surface area contributed by atoms with E-state index in [1.165, 1.54) is 12.5 Å². The first-order valence-electron chi connectivity index (χ1n) is 12.5. The summed E-state index contributed by atoms with van der Waals surface area (Å²) in [6, 6.07) is 8.63. The number of nitrogens with two attached hydrogens (primary N) is 1. The molecule has 0 radical (unpaired) electrons. The summed E-state index contributed by atoms with van der Waals surface area (Å²) in [4.78, 5) is 28.8. The number of piperidine rings is 1. The summed E-state index contributed by atoms with van der Waals surface area (Å²) in [5.41, 5.74) is 7.23. The van der Waals surface area contributed by atoms with E-state index in [4.69, 9.17) is 5.73 Å². The van der Waals surface area contributed by atoms with E-state index in [2.05, 4.69) is 24.8 Å². The fourth-order valence-electron chi connectivity index (χ4n) is 5.64. The predicted octanol–water partition coefficient (Wildman–Crippen LogP) is 2.50. The van der Waals surface area contributed by atoms with Gasteiger partial charge in [-0.3, -0.25) is 14.5 Å². The minimum absolute atomic E-state index is 0.373. The minimum Gasteiger partial charge on any atom is -0.390 e. The highest BCUT2D eigenvalue weighted by molar-refractivity contribution is 5.92. The number of hydrogen-bond donors (Lipinski definition) is 3. The lowest BCUT2D eigenvalue weighted by Crippen LogP contribution is -2.51. The van der Waals surface area contributed by atoms with Crippen molar-refractivity contribution >= 4 is 11.8 Å². The van der Waals surface area contributed by atoms with E-state index in [1.54, 1.807) is 11.0 Å². The van der Waals surface area contributed by atoms with Crippen LogP contribution in [-0.2, 0) is 4.79 Å². The highest BCUT2D eigenvalue weighted by Crippen LogP contribution is 2.43. The molecular weight excluding hydrogens is 418 g/mol. The maximum absolute atomic E-state index is 12.9. The van der Waals surface area contributed by atoms with Crippen LogP contribution < -0.4 is 5.73 Å². The van der Waals surface area contributed by atoms with Gasteiger partial charge in [0.15, 0.2) is 6.10 Å². The molecule has 0 saturated carbocycles. The van der Waals surface area contributed by atoms with Crippen molar-refractivity contribution in [3.8, 4) is 0 Å². The average Bonchev–Trinajstić information content (AvgIpc) is 3.04. The first-order chi connectivity index (χ1) is 15.7. The zero-order valence-electron chi connectivity index (χ0n) is 20.3. The Kier molecular flexibility index (Phi) is 8.90. The van der Waals surface area contributed by atoms with Gasteiger partial charge >= 0.3 is 0 Å². The average molecular weight is 460 g/mol. The topological polar surface area (TPSA) is 107 Å². The maximum atomic E-state index is 12.9. The molecule has 0 aliphatic carbocycles. The van der Waals surface area contributed by atoms with E-state index >= 15 is 0 Å². The number of aliphatic hydroxyl groups excluding tert-OH is 2. The first-order valence-corrected chi connectivity index (χ1v) is 12.5. The molecule has 2 heterocycles. The number of primary amides is 1. The third kappa shape index (κ3) is 6.14. The molecule has 1 aromatic carbocycles. The van der Waals surface area contributed by atoms with Crippen LogP contribution in [0.1, 0.15) is 81.1 Å². The van der Waals surface area contributed by atoms with Gasteiger partial charge in [-0.1, -0.05) is 38.8 Å². The van der Waals surface area contributed by atoms with Crippen molar-refractivity contribution < 1.29 is 19.8 Å². The van der Waals surface area contributed by atoms with E-state index in [0.29, 0.717) is 42.6 Å². The molecular formula is C26H41N3O4. The number of benzene rings is 1. The Labute approximate surface area is 197 Å². The third-order valence-electron chi connectivity index (χ3n) is 7.81. The quantitative estimate of drug-likeness (QED) is 0.471. The summed E-state index contributed by atoms with van der Waals surface area (Å²) in [5.74, 6) is 0.0359. The Bertz CT molecular complexity index is 796. The normalized spacial score (nSPS) is 24.6. The van der Waals surface area contributed by atoms with Gasteiger partial charge in [-0.25, -0.2) is 0 Å². The lowest BCUT2D eigenvalue weighted by atomic mass is 9.84. The Morgan fingerprint density at radius 2 is 1.79 bits per heavy atom. The van der Waals surface area contributed by atoms with E-state index in [9.17, 15) is 19.8 Å². The van der Waals surface area contributed by atoms with Crippen molar-refractivity contribution in [2.45, 2.75) is 89.5 Å². The molecule has 2 aliphatic heterocycles. The lowest BCUT2D eigenvalue weighted by Gasteiger charge is -2.40. The SMILES string of the molecule is CCC(CC)CN(CCN1[C@@H]2CC[C@H]1CC(c1cccc(C(N)=O)c1)C2)C(=O)C(O)C(C)O. The number of nitrogens with zero attached hydrogens (tertiary/aromatic N) is 2. The summed E-state index contributed by atoms with van der Waals surface area (Å²) >= 11 is 0. The van der Waals surface area contributed by atoms with Gasteiger partial charge in [0, 0.05) is 37.3 Å². The lowest BCUT2D eigenvalue weighted by molar-refractivity contribution is -0.146. The van der Waals surface area contributed by atoms with Crippen LogP contribution in [0, 0.1) is 5.92 Å². The summed E-state index contributed by atoms with van der Waals surface area (Å²) in [6.45, 7) is 7.66. The molecule has 5 atom stereocenters. The van der Waals surface area contributed by atoms with Crippen LogP contribution in [0.15, 0.2) is 24.3 Å².